The molecule has 0 saturated heterocycles. The smallest absolute Gasteiger partial charge is 0.239 e. The summed E-state index contributed by atoms with van der Waals surface area (Å²) in [6.45, 7) is 0.409. The molecule has 1 aliphatic carbocycles. The Morgan fingerprint density at radius 3 is 2.67 bits per heavy atom. The van der Waals surface area contributed by atoms with E-state index in [9.17, 15) is 4.79 Å². The highest BCUT2D eigenvalue weighted by Crippen LogP contribution is 2.25. The molecule has 1 fully saturated rings. The van der Waals surface area contributed by atoms with Crippen LogP contribution in [-0.4, -0.2) is 30.2 Å². The Hall–Kier alpha value is -0.610. The third kappa shape index (κ3) is 4.62. The van der Waals surface area contributed by atoms with Crippen molar-refractivity contribution in [3.05, 3.63) is 0 Å². The SMILES string of the molecule is N[C@@H](CO)C(=O)NCCC1CCCCC1. The first-order valence-electron chi connectivity index (χ1n) is 5.88. The molecular formula is C11H22N2O2. The van der Waals surface area contributed by atoms with E-state index in [-0.39, 0.29) is 12.5 Å². The van der Waals surface area contributed by atoms with E-state index < -0.39 is 6.04 Å². The highest BCUT2D eigenvalue weighted by Gasteiger charge is 2.15. The average molecular weight is 214 g/mol. The van der Waals surface area contributed by atoms with Crippen LogP contribution >= 0.6 is 0 Å². The standard InChI is InChI=1S/C11H22N2O2/c12-10(8-14)11(15)13-7-6-9-4-2-1-3-5-9/h9-10,14H,1-8,12H2,(H,13,15)/t10-/m0/s1. The van der Waals surface area contributed by atoms with Crippen LogP contribution in [0, 0.1) is 5.92 Å². The van der Waals surface area contributed by atoms with E-state index in [1.165, 1.54) is 32.1 Å². The molecule has 0 heterocycles. The Balaban J connectivity index is 2.07. The zero-order chi connectivity index (χ0) is 11.1. The molecule has 1 aliphatic rings. The van der Waals surface area contributed by atoms with Crippen LogP contribution in [0.5, 0.6) is 0 Å². The molecule has 88 valence electrons. The number of hydrogen-bond acceptors (Lipinski definition) is 3. The van der Waals surface area contributed by atoms with Crippen LogP contribution in [0.25, 0.3) is 0 Å². The molecule has 1 atom stereocenters. The Morgan fingerprint density at radius 2 is 2.07 bits per heavy atom. The van der Waals surface area contributed by atoms with E-state index in [0.717, 1.165) is 12.3 Å². The fraction of sp³-hybridized carbons (Fsp3) is 0.909. The lowest BCUT2D eigenvalue weighted by atomic mass is 9.87. The molecule has 0 aromatic rings. The Bertz CT molecular complexity index is 191. The van der Waals surface area contributed by atoms with Gasteiger partial charge in [0.05, 0.1) is 6.61 Å². The highest BCUT2D eigenvalue weighted by molar-refractivity contribution is 5.81. The van der Waals surface area contributed by atoms with E-state index >= 15 is 0 Å². The molecule has 0 radical (unpaired) electrons. The number of aliphatic hydroxyl groups is 1. The summed E-state index contributed by atoms with van der Waals surface area (Å²) < 4.78 is 0. The number of nitrogens with one attached hydrogen (secondary N) is 1. The second-order valence-corrected chi connectivity index (χ2v) is 4.37. The molecule has 0 unspecified atom stereocenters. The third-order valence-electron chi connectivity index (χ3n) is 3.11. The fourth-order valence-electron chi connectivity index (χ4n) is 2.09. The monoisotopic (exact) mass is 214 g/mol. The van der Waals surface area contributed by atoms with Crippen LogP contribution in [0.3, 0.4) is 0 Å². The summed E-state index contributed by atoms with van der Waals surface area (Å²) in [6.07, 6.45) is 7.65. The van der Waals surface area contributed by atoms with Gasteiger partial charge in [0.2, 0.25) is 5.91 Å². The predicted molar refractivity (Wildman–Crippen MR) is 59.3 cm³/mol. The van der Waals surface area contributed by atoms with E-state index in [4.69, 9.17) is 10.8 Å². The van der Waals surface area contributed by atoms with Gasteiger partial charge in [-0.1, -0.05) is 32.1 Å². The van der Waals surface area contributed by atoms with Crippen LogP contribution in [0.15, 0.2) is 0 Å². The second kappa shape index (κ2) is 6.80. The van der Waals surface area contributed by atoms with Crippen molar-refractivity contribution in [2.75, 3.05) is 13.2 Å². The number of aliphatic hydroxyl groups excluding tert-OH is 1. The van der Waals surface area contributed by atoms with Crippen LogP contribution in [0.2, 0.25) is 0 Å². The second-order valence-electron chi connectivity index (χ2n) is 4.37. The minimum atomic E-state index is -0.767. The zero-order valence-corrected chi connectivity index (χ0v) is 9.24. The fourth-order valence-corrected chi connectivity index (χ4v) is 2.09. The van der Waals surface area contributed by atoms with Crippen LogP contribution in [0.1, 0.15) is 38.5 Å². The van der Waals surface area contributed by atoms with Gasteiger partial charge in [0.1, 0.15) is 6.04 Å². The predicted octanol–water partition coefficient (Wildman–Crippen LogP) is 0.393. The molecule has 0 aromatic carbocycles. The topological polar surface area (TPSA) is 75.3 Å². The summed E-state index contributed by atoms with van der Waals surface area (Å²) in [7, 11) is 0. The van der Waals surface area contributed by atoms with Gasteiger partial charge in [-0.3, -0.25) is 4.79 Å². The first-order chi connectivity index (χ1) is 7.24. The van der Waals surface area contributed by atoms with Crippen molar-refractivity contribution in [1.29, 1.82) is 0 Å². The van der Waals surface area contributed by atoms with Crippen molar-refractivity contribution in [1.82, 2.24) is 5.32 Å². The third-order valence-corrected chi connectivity index (χ3v) is 3.11. The van der Waals surface area contributed by atoms with Crippen molar-refractivity contribution in [2.24, 2.45) is 11.7 Å². The maximum Gasteiger partial charge on any atom is 0.239 e. The number of carbonyl (C=O) groups is 1. The van der Waals surface area contributed by atoms with Gasteiger partial charge in [-0.2, -0.15) is 0 Å². The number of hydrogen-bond donors (Lipinski definition) is 3. The van der Waals surface area contributed by atoms with Gasteiger partial charge in [0.15, 0.2) is 0 Å². The number of rotatable bonds is 5. The molecule has 1 saturated carbocycles. The molecule has 4 N–H and O–H groups in total. The summed E-state index contributed by atoms with van der Waals surface area (Å²) >= 11 is 0. The lowest BCUT2D eigenvalue weighted by molar-refractivity contribution is -0.123. The maximum absolute atomic E-state index is 11.2. The summed E-state index contributed by atoms with van der Waals surface area (Å²) in [5, 5.41) is 11.4. The molecule has 1 rings (SSSR count). The van der Waals surface area contributed by atoms with Crippen LogP contribution < -0.4 is 11.1 Å². The minimum absolute atomic E-state index is 0.242. The van der Waals surface area contributed by atoms with Crippen LogP contribution in [0.4, 0.5) is 0 Å². The molecular weight excluding hydrogens is 192 g/mol. The van der Waals surface area contributed by atoms with Gasteiger partial charge < -0.3 is 16.2 Å². The molecule has 0 spiro atoms. The van der Waals surface area contributed by atoms with Gasteiger partial charge in [0.25, 0.3) is 0 Å². The number of amides is 1. The molecule has 4 nitrogen and oxygen atoms in total. The van der Waals surface area contributed by atoms with Crippen molar-refractivity contribution in [3.8, 4) is 0 Å². The summed E-state index contributed by atoms with van der Waals surface area (Å²) in [6, 6.07) is -0.767. The van der Waals surface area contributed by atoms with Crippen molar-refractivity contribution < 1.29 is 9.90 Å². The van der Waals surface area contributed by atoms with E-state index in [2.05, 4.69) is 5.32 Å². The highest BCUT2D eigenvalue weighted by atomic mass is 16.3. The quantitative estimate of drug-likeness (QED) is 0.620. The lowest BCUT2D eigenvalue weighted by Crippen LogP contribution is -2.43. The van der Waals surface area contributed by atoms with Crippen LogP contribution in [-0.2, 0) is 4.79 Å². The molecule has 15 heavy (non-hydrogen) atoms. The zero-order valence-electron chi connectivity index (χ0n) is 9.24. The first kappa shape index (κ1) is 12.5. The molecule has 0 bridgehead atoms. The Morgan fingerprint density at radius 1 is 1.40 bits per heavy atom. The van der Waals surface area contributed by atoms with Gasteiger partial charge in [-0.05, 0) is 12.3 Å². The van der Waals surface area contributed by atoms with Gasteiger partial charge in [-0.25, -0.2) is 0 Å². The maximum atomic E-state index is 11.2. The molecule has 0 aliphatic heterocycles. The van der Waals surface area contributed by atoms with Gasteiger partial charge in [-0.15, -0.1) is 0 Å². The van der Waals surface area contributed by atoms with E-state index in [1.54, 1.807) is 0 Å². The van der Waals surface area contributed by atoms with E-state index in [0.29, 0.717) is 6.54 Å². The molecule has 1 amide bonds. The molecule has 4 heteroatoms. The van der Waals surface area contributed by atoms with E-state index in [1.807, 2.05) is 0 Å². The largest absolute Gasteiger partial charge is 0.394 e. The first-order valence-corrected chi connectivity index (χ1v) is 5.88. The summed E-state index contributed by atoms with van der Waals surface area (Å²) in [5.74, 6) is 0.526. The summed E-state index contributed by atoms with van der Waals surface area (Å²) in [5.41, 5.74) is 5.37. The summed E-state index contributed by atoms with van der Waals surface area (Å²) in [4.78, 5) is 11.2. The average Bonchev–Trinajstić information content (AvgIpc) is 2.29. The van der Waals surface area contributed by atoms with Crippen molar-refractivity contribution >= 4 is 5.91 Å². The number of nitrogens with two attached hydrogens (primary N) is 1. The van der Waals surface area contributed by atoms with Crippen molar-refractivity contribution in [2.45, 2.75) is 44.6 Å². The normalized spacial score (nSPS) is 19.9. The van der Waals surface area contributed by atoms with Gasteiger partial charge in [0, 0.05) is 6.54 Å². The Labute approximate surface area is 91.2 Å². The Kier molecular flexibility index (Phi) is 5.65. The lowest BCUT2D eigenvalue weighted by Gasteiger charge is -2.21. The minimum Gasteiger partial charge on any atom is -0.394 e. The molecule has 0 aromatic heterocycles. The van der Waals surface area contributed by atoms with Gasteiger partial charge >= 0.3 is 0 Å². The van der Waals surface area contributed by atoms with Crippen molar-refractivity contribution in [3.63, 3.8) is 0 Å². The number of carbonyl (C=O) groups excluding carboxylic acids is 1.